The van der Waals surface area contributed by atoms with Crippen molar-refractivity contribution in [1.29, 1.82) is 0 Å². The molecule has 3 aliphatic rings. The van der Waals surface area contributed by atoms with E-state index in [0.29, 0.717) is 13.0 Å². The number of carbonyl (C=O) groups excluding carboxylic acids is 2. The van der Waals surface area contributed by atoms with E-state index in [0.717, 1.165) is 49.9 Å². The van der Waals surface area contributed by atoms with E-state index in [1.165, 1.54) is 11.3 Å². The summed E-state index contributed by atoms with van der Waals surface area (Å²) in [4.78, 5) is 29.4. The van der Waals surface area contributed by atoms with Crippen LogP contribution in [0.1, 0.15) is 25.3 Å². The Morgan fingerprint density at radius 2 is 2.00 bits per heavy atom. The Morgan fingerprint density at radius 3 is 2.77 bits per heavy atom. The van der Waals surface area contributed by atoms with Crippen molar-refractivity contribution in [2.24, 2.45) is 0 Å². The molecule has 3 N–H and O–H groups in total. The summed E-state index contributed by atoms with van der Waals surface area (Å²) in [5.74, 6) is -0.107. The van der Waals surface area contributed by atoms with Crippen molar-refractivity contribution < 1.29 is 9.59 Å². The molecular formula is C22H31ClN6O2. The van der Waals surface area contributed by atoms with Crippen LogP contribution in [0.2, 0.25) is 5.02 Å². The molecule has 0 aliphatic carbocycles. The minimum absolute atomic E-state index is 0.0468. The Hall–Kier alpha value is -2.29. The standard InChI is InChI=1S/C22H31ClN6O2/c1-15-4-5-17(23)12-19(15)28-10-8-27(9-11-28)7-3-6-24-21(30)18-13-20-22(31)25-16(2)14-29(20)26-18/h4-5,12,14,18,20,26H,3,6-11,13H2,1-2H3,(H,24,30)(H,25,31). The lowest BCUT2D eigenvalue weighted by molar-refractivity contribution is -0.125. The molecule has 3 aliphatic heterocycles. The minimum Gasteiger partial charge on any atom is -0.369 e. The molecule has 31 heavy (non-hydrogen) atoms. The molecule has 0 spiro atoms. The highest BCUT2D eigenvalue weighted by atomic mass is 35.5. The zero-order valence-corrected chi connectivity index (χ0v) is 18.9. The predicted molar refractivity (Wildman–Crippen MR) is 122 cm³/mol. The molecular weight excluding hydrogens is 416 g/mol. The van der Waals surface area contributed by atoms with E-state index in [9.17, 15) is 9.59 Å². The highest BCUT2D eigenvalue weighted by Gasteiger charge is 2.40. The van der Waals surface area contributed by atoms with Crippen LogP contribution in [0, 0.1) is 6.92 Å². The van der Waals surface area contributed by atoms with Gasteiger partial charge in [-0.2, -0.15) is 0 Å². The number of anilines is 1. The van der Waals surface area contributed by atoms with E-state index in [-0.39, 0.29) is 23.9 Å². The number of halogens is 1. The van der Waals surface area contributed by atoms with E-state index in [4.69, 9.17) is 11.6 Å². The molecule has 0 bridgehead atoms. The summed E-state index contributed by atoms with van der Waals surface area (Å²) >= 11 is 6.17. The summed E-state index contributed by atoms with van der Waals surface area (Å²) in [5, 5.41) is 8.35. The topological polar surface area (TPSA) is 80.0 Å². The van der Waals surface area contributed by atoms with Crippen LogP contribution in [0.25, 0.3) is 0 Å². The van der Waals surface area contributed by atoms with Gasteiger partial charge >= 0.3 is 0 Å². The molecule has 0 radical (unpaired) electrons. The second-order valence-electron chi connectivity index (χ2n) is 8.55. The van der Waals surface area contributed by atoms with E-state index in [1.807, 2.05) is 25.3 Å². The molecule has 168 valence electrons. The SMILES string of the molecule is CC1=CN2NC(C(=O)NCCCN3CCN(c4cc(Cl)ccc4C)CC3)CC2C(=O)N1. The van der Waals surface area contributed by atoms with Crippen LogP contribution in [0.3, 0.4) is 0 Å². The lowest BCUT2D eigenvalue weighted by Crippen LogP contribution is -2.49. The first-order valence-corrected chi connectivity index (χ1v) is 11.3. The first kappa shape index (κ1) is 21.9. The number of amides is 2. The number of hydrogen-bond donors (Lipinski definition) is 3. The van der Waals surface area contributed by atoms with Gasteiger partial charge < -0.3 is 20.5 Å². The Labute approximate surface area is 188 Å². The van der Waals surface area contributed by atoms with Gasteiger partial charge in [0.25, 0.3) is 0 Å². The number of hydrogen-bond acceptors (Lipinski definition) is 6. The van der Waals surface area contributed by atoms with Crippen molar-refractivity contribution in [3.8, 4) is 0 Å². The quantitative estimate of drug-likeness (QED) is 0.570. The van der Waals surface area contributed by atoms with Gasteiger partial charge in [0, 0.05) is 61.8 Å². The fourth-order valence-corrected chi connectivity index (χ4v) is 4.64. The fraction of sp³-hybridized carbons (Fsp3) is 0.545. The zero-order valence-electron chi connectivity index (χ0n) is 18.2. The van der Waals surface area contributed by atoms with Crippen LogP contribution in [-0.4, -0.2) is 73.1 Å². The molecule has 9 heteroatoms. The van der Waals surface area contributed by atoms with Gasteiger partial charge in [0.05, 0.1) is 0 Å². The monoisotopic (exact) mass is 446 g/mol. The fourth-order valence-electron chi connectivity index (χ4n) is 4.48. The Balaban J connectivity index is 1.16. The Morgan fingerprint density at radius 1 is 1.23 bits per heavy atom. The van der Waals surface area contributed by atoms with Crippen LogP contribution >= 0.6 is 11.6 Å². The van der Waals surface area contributed by atoms with Gasteiger partial charge in [0.2, 0.25) is 11.8 Å². The molecule has 8 nitrogen and oxygen atoms in total. The molecule has 1 aromatic rings. The highest BCUT2D eigenvalue weighted by molar-refractivity contribution is 6.30. The van der Waals surface area contributed by atoms with Gasteiger partial charge in [0.1, 0.15) is 12.1 Å². The van der Waals surface area contributed by atoms with E-state index < -0.39 is 0 Å². The predicted octanol–water partition coefficient (Wildman–Crippen LogP) is 1.22. The van der Waals surface area contributed by atoms with Gasteiger partial charge in [0.15, 0.2) is 0 Å². The first-order valence-electron chi connectivity index (χ1n) is 11.0. The molecule has 2 unspecified atom stereocenters. The minimum atomic E-state index is -0.373. The summed E-state index contributed by atoms with van der Waals surface area (Å²) in [6.07, 6.45) is 3.22. The molecule has 2 saturated heterocycles. The average Bonchev–Trinajstić information content (AvgIpc) is 3.18. The van der Waals surface area contributed by atoms with Crippen molar-refractivity contribution in [2.45, 2.75) is 38.8 Å². The molecule has 2 atom stereocenters. The maximum absolute atomic E-state index is 12.5. The molecule has 1 aromatic carbocycles. The number of piperazine rings is 1. The summed E-state index contributed by atoms with van der Waals surface area (Å²) in [6.45, 7) is 9.51. The van der Waals surface area contributed by atoms with Crippen LogP contribution in [0.5, 0.6) is 0 Å². The summed E-state index contributed by atoms with van der Waals surface area (Å²) in [6, 6.07) is 5.36. The molecule has 0 saturated carbocycles. The maximum Gasteiger partial charge on any atom is 0.248 e. The number of nitrogens with zero attached hydrogens (tertiary/aromatic N) is 3. The van der Waals surface area contributed by atoms with E-state index in [2.05, 4.69) is 38.8 Å². The molecule has 2 amide bonds. The molecule has 4 rings (SSSR count). The van der Waals surface area contributed by atoms with Crippen molar-refractivity contribution in [2.75, 3.05) is 44.2 Å². The largest absolute Gasteiger partial charge is 0.369 e. The van der Waals surface area contributed by atoms with E-state index >= 15 is 0 Å². The normalized spacial score (nSPS) is 24.0. The van der Waals surface area contributed by atoms with Crippen molar-refractivity contribution in [3.63, 3.8) is 0 Å². The number of hydrazine groups is 1. The van der Waals surface area contributed by atoms with Crippen LogP contribution in [-0.2, 0) is 9.59 Å². The highest BCUT2D eigenvalue weighted by Crippen LogP contribution is 2.25. The number of fused-ring (bicyclic) bond motifs is 1. The number of benzene rings is 1. The number of aryl methyl sites for hydroxylation is 1. The number of allylic oxidation sites excluding steroid dienone is 1. The van der Waals surface area contributed by atoms with Crippen LogP contribution in [0.4, 0.5) is 5.69 Å². The van der Waals surface area contributed by atoms with Gasteiger partial charge in [-0.1, -0.05) is 17.7 Å². The van der Waals surface area contributed by atoms with Gasteiger partial charge in [-0.05, 0) is 44.5 Å². The summed E-state index contributed by atoms with van der Waals surface area (Å²) in [7, 11) is 0. The summed E-state index contributed by atoms with van der Waals surface area (Å²) in [5.41, 5.74) is 6.38. The van der Waals surface area contributed by atoms with Crippen LogP contribution < -0.4 is 21.0 Å². The van der Waals surface area contributed by atoms with Gasteiger partial charge in [-0.25, -0.2) is 5.43 Å². The molecule has 0 aromatic heterocycles. The number of carbonyl (C=O) groups is 2. The molecule has 2 fully saturated rings. The zero-order chi connectivity index (χ0) is 22.0. The third-order valence-electron chi connectivity index (χ3n) is 6.21. The lowest BCUT2D eigenvalue weighted by Gasteiger charge is -2.37. The maximum atomic E-state index is 12.5. The first-order chi connectivity index (χ1) is 14.9. The van der Waals surface area contributed by atoms with Gasteiger partial charge in [-0.3, -0.25) is 14.5 Å². The second-order valence-corrected chi connectivity index (χ2v) is 8.98. The van der Waals surface area contributed by atoms with Crippen molar-refractivity contribution in [3.05, 3.63) is 40.7 Å². The van der Waals surface area contributed by atoms with Crippen LogP contribution in [0.15, 0.2) is 30.1 Å². The second kappa shape index (κ2) is 9.46. The van der Waals surface area contributed by atoms with Gasteiger partial charge in [-0.15, -0.1) is 0 Å². The summed E-state index contributed by atoms with van der Waals surface area (Å²) < 4.78 is 0. The van der Waals surface area contributed by atoms with Crippen molar-refractivity contribution >= 4 is 29.1 Å². The lowest BCUT2D eigenvalue weighted by atomic mass is 10.1. The average molecular weight is 447 g/mol. The Kier molecular flexibility index (Phi) is 6.69. The smallest absolute Gasteiger partial charge is 0.248 e. The Bertz CT molecular complexity index is 868. The molecule has 3 heterocycles. The number of rotatable bonds is 6. The van der Waals surface area contributed by atoms with Crippen molar-refractivity contribution in [1.82, 2.24) is 26.0 Å². The third kappa shape index (κ3) is 5.14. The number of nitrogens with one attached hydrogen (secondary N) is 3. The third-order valence-corrected chi connectivity index (χ3v) is 6.44. The van der Waals surface area contributed by atoms with E-state index in [1.54, 1.807) is 5.01 Å².